The van der Waals surface area contributed by atoms with Crippen molar-refractivity contribution in [1.29, 1.82) is 0 Å². The van der Waals surface area contributed by atoms with Crippen LogP contribution in [0.1, 0.15) is 41.7 Å². The molecule has 0 saturated heterocycles. The molecule has 0 bridgehead atoms. The van der Waals surface area contributed by atoms with Gasteiger partial charge < -0.3 is 9.84 Å². The van der Waals surface area contributed by atoms with Gasteiger partial charge in [-0.15, -0.1) is 0 Å². The Labute approximate surface area is 121 Å². The molecule has 0 fully saturated rings. The molecule has 0 radical (unpaired) electrons. The number of hydrogen-bond donors (Lipinski definition) is 1. The Morgan fingerprint density at radius 3 is 2.40 bits per heavy atom. The van der Waals surface area contributed by atoms with E-state index < -0.39 is 6.10 Å². The summed E-state index contributed by atoms with van der Waals surface area (Å²) in [4.78, 5) is 0. The van der Waals surface area contributed by atoms with E-state index in [1.165, 1.54) is 5.56 Å². The van der Waals surface area contributed by atoms with Crippen molar-refractivity contribution in [2.45, 2.75) is 32.5 Å². The van der Waals surface area contributed by atoms with Crippen molar-refractivity contribution < 1.29 is 9.84 Å². The molecule has 0 aromatic heterocycles. The lowest BCUT2D eigenvalue weighted by Crippen LogP contribution is -2.01. The van der Waals surface area contributed by atoms with Crippen LogP contribution < -0.4 is 0 Å². The minimum absolute atomic E-state index is 0.566. The van der Waals surface area contributed by atoms with Gasteiger partial charge in [0.25, 0.3) is 0 Å². The van der Waals surface area contributed by atoms with Crippen LogP contribution in [0, 0.1) is 0 Å². The highest BCUT2D eigenvalue weighted by atomic mass is 16.5. The molecule has 1 unspecified atom stereocenters. The minimum atomic E-state index is -0.566. The highest BCUT2D eigenvalue weighted by molar-refractivity contribution is 5.34. The molecule has 106 valence electrons. The van der Waals surface area contributed by atoms with Crippen LogP contribution in [0.2, 0.25) is 0 Å². The topological polar surface area (TPSA) is 29.5 Å². The number of hydrogen-bond acceptors (Lipinski definition) is 2. The van der Waals surface area contributed by atoms with Crippen LogP contribution in [-0.2, 0) is 17.8 Å². The summed E-state index contributed by atoms with van der Waals surface area (Å²) in [6.45, 7) is 2.76. The van der Waals surface area contributed by atoms with Crippen molar-refractivity contribution in [3.8, 4) is 0 Å². The van der Waals surface area contributed by atoms with Crippen LogP contribution in [0.25, 0.3) is 0 Å². The van der Waals surface area contributed by atoms with Crippen LogP contribution in [0.5, 0.6) is 0 Å². The highest BCUT2D eigenvalue weighted by Crippen LogP contribution is 2.23. The van der Waals surface area contributed by atoms with Crippen LogP contribution in [0.3, 0.4) is 0 Å². The van der Waals surface area contributed by atoms with Crippen LogP contribution in [-0.4, -0.2) is 12.2 Å². The molecule has 0 heterocycles. The number of aryl methyl sites for hydroxylation is 1. The summed E-state index contributed by atoms with van der Waals surface area (Å²) < 4.78 is 5.09. The molecular weight excluding hydrogens is 248 g/mol. The number of aliphatic hydroxyl groups is 1. The zero-order valence-electron chi connectivity index (χ0n) is 12.2. The first-order valence-electron chi connectivity index (χ1n) is 7.09. The summed E-state index contributed by atoms with van der Waals surface area (Å²) in [5, 5.41) is 10.5. The number of benzene rings is 2. The van der Waals surface area contributed by atoms with E-state index in [-0.39, 0.29) is 0 Å². The standard InChI is InChI=1S/C18H22O2/c1-3-5-14-6-4-7-17(12-14)18(19)16-10-8-15(9-11-16)13-20-2/h4,6-12,18-19H,3,5,13H2,1-2H3. The first-order chi connectivity index (χ1) is 9.74. The SMILES string of the molecule is CCCc1cccc(C(O)c2ccc(COC)cc2)c1. The van der Waals surface area contributed by atoms with Gasteiger partial charge in [0.15, 0.2) is 0 Å². The molecule has 0 aliphatic rings. The van der Waals surface area contributed by atoms with Gasteiger partial charge in [0, 0.05) is 7.11 Å². The molecule has 0 spiro atoms. The number of methoxy groups -OCH3 is 1. The lowest BCUT2D eigenvalue weighted by Gasteiger charge is -2.13. The fourth-order valence-electron chi connectivity index (χ4n) is 2.36. The fourth-order valence-corrected chi connectivity index (χ4v) is 2.36. The number of rotatable bonds is 6. The maximum atomic E-state index is 10.5. The molecule has 2 aromatic rings. The van der Waals surface area contributed by atoms with Crippen molar-refractivity contribution >= 4 is 0 Å². The quantitative estimate of drug-likeness (QED) is 0.863. The first kappa shape index (κ1) is 14.8. The first-order valence-corrected chi connectivity index (χ1v) is 7.09. The van der Waals surface area contributed by atoms with E-state index in [1.807, 2.05) is 36.4 Å². The van der Waals surface area contributed by atoms with Crippen molar-refractivity contribution in [3.63, 3.8) is 0 Å². The van der Waals surface area contributed by atoms with Gasteiger partial charge in [0.1, 0.15) is 6.10 Å². The van der Waals surface area contributed by atoms with E-state index in [0.29, 0.717) is 6.61 Å². The summed E-state index contributed by atoms with van der Waals surface area (Å²) in [7, 11) is 1.68. The molecule has 2 heteroatoms. The lowest BCUT2D eigenvalue weighted by atomic mass is 9.98. The zero-order chi connectivity index (χ0) is 14.4. The molecule has 0 saturated carbocycles. The zero-order valence-corrected chi connectivity index (χ0v) is 12.2. The average Bonchev–Trinajstić information content (AvgIpc) is 2.48. The molecule has 1 N–H and O–H groups in total. The monoisotopic (exact) mass is 270 g/mol. The van der Waals surface area contributed by atoms with Gasteiger partial charge in [-0.3, -0.25) is 0 Å². The van der Waals surface area contributed by atoms with Gasteiger partial charge in [0.05, 0.1) is 6.61 Å². The Morgan fingerprint density at radius 2 is 1.75 bits per heavy atom. The van der Waals surface area contributed by atoms with Crippen molar-refractivity contribution in [3.05, 3.63) is 70.8 Å². The van der Waals surface area contributed by atoms with E-state index in [4.69, 9.17) is 4.74 Å². The molecule has 0 aliphatic carbocycles. The molecule has 2 aromatic carbocycles. The summed E-state index contributed by atoms with van der Waals surface area (Å²) in [6, 6.07) is 16.1. The number of ether oxygens (including phenoxy) is 1. The molecule has 20 heavy (non-hydrogen) atoms. The summed E-state index contributed by atoms with van der Waals surface area (Å²) in [5.41, 5.74) is 4.26. The fraction of sp³-hybridized carbons (Fsp3) is 0.333. The average molecular weight is 270 g/mol. The maximum Gasteiger partial charge on any atom is 0.104 e. The van der Waals surface area contributed by atoms with Gasteiger partial charge >= 0.3 is 0 Å². The Hall–Kier alpha value is -1.64. The second kappa shape index (κ2) is 7.22. The lowest BCUT2D eigenvalue weighted by molar-refractivity contribution is 0.184. The van der Waals surface area contributed by atoms with Crippen LogP contribution in [0.15, 0.2) is 48.5 Å². The van der Waals surface area contributed by atoms with Gasteiger partial charge in [0.2, 0.25) is 0 Å². The Kier molecular flexibility index (Phi) is 5.33. The number of aliphatic hydroxyl groups excluding tert-OH is 1. The second-order valence-corrected chi connectivity index (χ2v) is 5.07. The Morgan fingerprint density at radius 1 is 1.00 bits per heavy atom. The summed E-state index contributed by atoms with van der Waals surface area (Å²) in [6.07, 6.45) is 1.60. The third kappa shape index (κ3) is 3.69. The Balaban J connectivity index is 2.17. The van der Waals surface area contributed by atoms with Crippen molar-refractivity contribution in [1.82, 2.24) is 0 Å². The van der Waals surface area contributed by atoms with E-state index in [2.05, 4.69) is 19.1 Å². The molecular formula is C18H22O2. The molecule has 2 rings (SSSR count). The Bertz CT molecular complexity index is 531. The summed E-state index contributed by atoms with van der Waals surface area (Å²) >= 11 is 0. The molecule has 2 nitrogen and oxygen atoms in total. The highest BCUT2D eigenvalue weighted by Gasteiger charge is 2.10. The molecule has 1 atom stereocenters. The molecule has 0 amide bonds. The van der Waals surface area contributed by atoms with Crippen molar-refractivity contribution in [2.24, 2.45) is 0 Å². The smallest absolute Gasteiger partial charge is 0.104 e. The minimum Gasteiger partial charge on any atom is -0.384 e. The van der Waals surface area contributed by atoms with E-state index in [0.717, 1.165) is 29.5 Å². The molecule has 0 aliphatic heterocycles. The summed E-state index contributed by atoms with van der Waals surface area (Å²) in [5.74, 6) is 0. The maximum absolute atomic E-state index is 10.5. The van der Waals surface area contributed by atoms with Gasteiger partial charge in [-0.2, -0.15) is 0 Å². The predicted molar refractivity (Wildman–Crippen MR) is 81.7 cm³/mol. The van der Waals surface area contributed by atoms with E-state index in [1.54, 1.807) is 7.11 Å². The third-order valence-corrected chi connectivity index (χ3v) is 3.41. The van der Waals surface area contributed by atoms with Crippen molar-refractivity contribution in [2.75, 3.05) is 7.11 Å². The van der Waals surface area contributed by atoms with Gasteiger partial charge in [-0.1, -0.05) is 61.9 Å². The second-order valence-electron chi connectivity index (χ2n) is 5.07. The van der Waals surface area contributed by atoms with Crippen LogP contribution >= 0.6 is 0 Å². The van der Waals surface area contributed by atoms with Gasteiger partial charge in [-0.25, -0.2) is 0 Å². The third-order valence-electron chi connectivity index (χ3n) is 3.41. The van der Waals surface area contributed by atoms with E-state index >= 15 is 0 Å². The largest absolute Gasteiger partial charge is 0.384 e. The predicted octanol–water partition coefficient (Wildman–Crippen LogP) is 3.87. The normalized spacial score (nSPS) is 12.3. The van der Waals surface area contributed by atoms with Gasteiger partial charge in [-0.05, 0) is 28.7 Å². The van der Waals surface area contributed by atoms with E-state index in [9.17, 15) is 5.11 Å². The van der Waals surface area contributed by atoms with Crippen LogP contribution in [0.4, 0.5) is 0 Å².